The number of ether oxygens (including phenoxy) is 4. The highest BCUT2D eigenvalue weighted by molar-refractivity contribution is 7.99. The van der Waals surface area contributed by atoms with Crippen LogP contribution in [0, 0.1) is 0 Å². The van der Waals surface area contributed by atoms with Crippen molar-refractivity contribution in [2.24, 2.45) is 0 Å². The molecule has 1 saturated heterocycles. The third kappa shape index (κ3) is 6.44. The minimum atomic E-state index is -0.247. The number of rotatable bonds is 10. The Balaban J connectivity index is 1.49. The maximum atomic E-state index is 6.46. The summed E-state index contributed by atoms with van der Waals surface area (Å²) in [6.07, 6.45) is -0.589. The van der Waals surface area contributed by atoms with Crippen LogP contribution >= 0.6 is 11.8 Å². The van der Waals surface area contributed by atoms with Crippen LogP contribution in [0.2, 0.25) is 0 Å². The quantitative estimate of drug-likeness (QED) is 0.410. The van der Waals surface area contributed by atoms with Crippen molar-refractivity contribution in [3.63, 3.8) is 0 Å². The van der Waals surface area contributed by atoms with E-state index in [0.29, 0.717) is 19.8 Å². The van der Waals surface area contributed by atoms with Gasteiger partial charge in [-0.25, -0.2) is 0 Å². The molecule has 3 aromatic carbocycles. The number of benzene rings is 3. The van der Waals surface area contributed by atoms with Crippen molar-refractivity contribution >= 4 is 11.8 Å². The molecule has 1 aliphatic heterocycles. The zero-order valence-corrected chi connectivity index (χ0v) is 19.2. The first kappa shape index (κ1) is 23.0. The number of thioether (sulfide) groups is 1. The second-order valence-electron chi connectivity index (χ2n) is 7.79. The third-order valence-corrected chi connectivity index (χ3v) is 6.80. The van der Waals surface area contributed by atoms with Gasteiger partial charge in [-0.05, 0) is 16.7 Å². The summed E-state index contributed by atoms with van der Waals surface area (Å²) >= 11 is 1.72. The van der Waals surface area contributed by atoms with Crippen LogP contribution in [0.25, 0.3) is 0 Å². The molecule has 1 fully saturated rings. The van der Waals surface area contributed by atoms with E-state index in [2.05, 4.69) is 36.4 Å². The minimum absolute atomic E-state index is 0.101. The summed E-state index contributed by atoms with van der Waals surface area (Å²) in [4.78, 5) is 0. The number of methoxy groups -OCH3 is 1. The van der Waals surface area contributed by atoms with Crippen molar-refractivity contribution in [2.45, 2.75) is 43.6 Å². The Bertz CT molecular complexity index is 907. The highest BCUT2D eigenvalue weighted by atomic mass is 32.2. The summed E-state index contributed by atoms with van der Waals surface area (Å²) < 4.78 is 25.0. The Morgan fingerprint density at radius 2 is 1.06 bits per heavy atom. The van der Waals surface area contributed by atoms with Crippen LogP contribution in [0.4, 0.5) is 0 Å². The van der Waals surface area contributed by atoms with Crippen molar-refractivity contribution in [3.8, 4) is 0 Å². The SMILES string of the molecule is COC1SC[C@@H](OCc2ccccc2)[C@H](OCc2ccccc2)[C@H]1OCc1ccccc1. The minimum Gasteiger partial charge on any atom is -0.370 e. The molecule has 0 saturated carbocycles. The smallest absolute Gasteiger partial charge is 0.131 e. The predicted molar refractivity (Wildman–Crippen MR) is 128 cm³/mol. The molecule has 32 heavy (non-hydrogen) atoms. The molecule has 4 atom stereocenters. The van der Waals surface area contributed by atoms with E-state index in [9.17, 15) is 0 Å². The molecule has 4 nitrogen and oxygen atoms in total. The van der Waals surface area contributed by atoms with E-state index in [4.69, 9.17) is 18.9 Å². The van der Waals surface area contributed by atoms with Gasteiger partial charge in [-0.3, -0.25) is 0 Å². The molecule has 1 heterocycles. The van der Waals surface area contributed by atoms with Gasteiger partial charge in [0.05, 0.1) is 25.9 Å². The molecule has 0 spiro atoms. The zero-order chi connectivity index (χ0) is 22.0. The molecule has 5 heteroatoms. The number of hydrogen-bond acceptors (Lipinski definition) is 5. The van der Waals surface area contributed by atoms with Crippen molar-refractivity contribution in [1.82, 2.24) is 0 Å². The molecule has 0 aromatic heterocycles. The van der Waals surface area contributed by atoms with E-state index >= 15 is 0 Å². The Morgan fingerprint density at radius 3 is 1.53 bits per heavy atom. The Morgan fingerprint density at radius 1 is 0.625 bits per heavy atom. The molecule has 1 aliphatic rings. The van der Waals surface area contributed by atoms with Gasteiger partial charge in [0.15, 0.2) is 0 Å². The maximum Gasteiger partial charge on any atom is 0.131 e. The fourth-order valence-electron chi connectivity index (χ4n) is 3.78. The van der Waals surface area contributed by atoms with E-state index in [1.807, 2.05) is 54.6 Å². The lowest BCUT2D eigenvalue weighted by Crippen LogP contribution is -2.53. The third-order valence-electron chi connectivity index (χ3n) is 5.49. The first-order chi connectivity index (χ1) is 15.8. The summed E-state index contributed by atoms with van der Waals surface area (Å²) in [5.74, 6) is 0.788. The van der Waals surface area contributed by atoms with E-state index in [-0.39, 0.29) is 23.7 Å². The molecule has 0 aliphatic carbocycles. The van der Waals surface area contributed by atoms with Gasteiger partial charge >= 0.3 is 0 Å². The van der Waals surface area contributed by atoms with Crippen LogP contribution in [-0.2, 0) is 38.8 Å². The van der Waals surface area contributed by atoms with Crippen molar-refractivity contribution in [1.29, 1.82) is 0 Å². The Kier molecular flexibility index (Phi) is 8.77. The topological polar surface area (TPSA) is 36.9 Å². The van der Waals surface area contributed by atoms with Crippen molar-refractivity contribution in [3.05, 3.63) is 108 Å². The standard InChI is InChI=1S/C27H30O4S/c1-28-27-26(31-19-23-15-9-4-10-16-23)25(30-18-22-13-7-3-8-14-22)24(20-32-27)29-17-21-11-5-2-6-12-21/h2-16,24-27H,17-20H2,1H3/t24-,25+,26-,27?/m1/s1. The van der Waals surface area contributed by atoms with E-state index < -0.39 is 0 Å². The van der Waals surface area contributed by atoms with Gasteiger partial charge in [0, 0.05) is 12.9 Å². The molecule has 168 valence electrons. The molecule has 4 rings (SSSR count). The van der Waals surface area contributed by atoms with Gasteiger partial charge in [-0.2, -0.15) is 0 Å². The van der Waals surface area contributed by atoms with Gasteiger partial charge < -0.3 is 18.9 Å². The molecular formula is C27H30O4S. The van der Waals surface area contributed by atoms with Crippen LogP contribution in [0.15, 0.2) is 91.0 Å². The molecule has 0 bridgehead atoms. The average Bonchev–Trinajstić information content (AvgIpc) is 2.87. The monoisotopic (exact) mass is 450 g/mol. The second kappa shape index (κ2) is 12.2. The highest BCUT2D eigenvalue weighted by Gasteiger charge is 2.43. The van der Waals surface area contributed by atoms with Crippen LogP contribution in [0.5, 0.6) is 0 Å². The molecule has 3 aromatic rings. The Hall–Kier alpha value is -2.15. The van der Waals surface area contributed by atoms with Gasteiger partial charge in [0.2, 0.25) is 0 Å². The summed E-state index contributed by atoms with van der Waals surface area (Å²) in [5, 5.41) is 0. The molecule has 0 radical (unpaired) electrons. The lowest BCUT2D eigenvalue weighted by molar-refractivity contribution is -0.169. The lowest BCUT2D eigenvalue weighted by Gasteiger charge is -2.41. The zero-order valence-electron chi connectivity index (χ0n) is 18.3. The van der Waals surface area contributed by atoms with E-state index in [0.717, 1.165) is 22.4 Å². The van der Waals surface area contributed by atoms with E-state index in [1.54, 1.807) is 18.9 Å². The van der Waals surface area contributed by atoms with Gasteiger partial charge in [-0.1, -0.05) is 91.0 Å². The average molecular weight is 451 g/mol. The van der Waals surface area contributed by atoms with Gasteiger partial charge in [0.25, 0.3) is 0 Å². The highest BCUT2D eigenvalue weighted by Crippen LogP contribution is 2.34. The van der Waals surface area contributed by atoms with Crippen LogP contribution in [0.1, 0.15) is 16.7 Å². The summed E-state index contributed by atoms with van der Waals surface area (Å²) in [6, 6.07) is 30.7. The van der Waals surface area contributed by atoms with Crippen LogP contribution in [-0.4, -0.2) is 36.6 Å². The molecule has 0 N–H and O–H groups in total. The van der Waals surface area contributed by atoms with Gasteiger partial charge in [0.1, 0.15) is 17.6 Å². The first-order valence-electron chi connectivity index (χ1n) is 10.9. The van der Waals surface area contributed by atoms with Crippen LogP contribution in [0.3, 0.4) is 0 Å². The Labute approximate surface area is 194 Å². The predicted octanol–water partition coefficient (Wildman–Crippen LogP) is 5.46. The molecule has 1 unspecified atom stereocenters. The van der Waals surface area contributed by atoms with Gasteiger partial charge in [-0.15, -0.1) is 11.8 Å². The second-order valence-corrected chi connectivity index (χ2v) is 8.93. The normalized spacial score (nSPS) is 23.2. The van der Waals surface area contributed by atoms with E-state index in [1.165, 1.54) is 0 Å². The van der Waals surface area contributed by atoms with Crippen LogP contribution < -0.4 is 0 Å². The first-order valence-corrected chi connectivity index (χ1v) is 12.0. The summed E-state index contributed by atoms with van der Waals surface area (Å²) in [6.45, 7) is 1.55. The molecule has 0 amide bonds. The fourth-order valence-corrected chi connectivity index (χ4v) is 5.00. The van der Waals surface area contributed by atoms with Crippen molar-refractivity contribution in [2.75, 3.05) is 12.9 Å². The summed E-state index contributed by atoms with van der Waals surface area (Å²) in [5.41, 5.74) is 3.29. The largest absolute Gasteiger partial charge is 0.370 e. The fraction of sp³-hybridized carbons (Fsp3) is 0.333. The summed E-state index contributed by atoms with van der Waals surface area (Å²) in [7, 11) is 1.73. The molecular weight excluding hydrogens is 420 g/mol. The maximum absolute atomic E-state index is 6.46. The lowest BCUT2D eigenvalue weighted by atomic mass is 10.1. The van der Waals surface area contributed by atoms with Crippen molar-refractivity contribution < 1.29 is 18.9 Å². The number of hydrogen-bond donors (Lipinski definition) is 0.